The molecule has 4 rings (SSSR count). The Bertz CT molecular complexity index is 1480. The van der Waals surface area contributed by atoms with Crippen LogP contribution in [0.3, 0.4) is 0 Å². The van der Waals surface area contributed by atoms with Crippen LogP contribution >= 0.6 is 0 Å². The van der Waals surface area contributed by atoms with Crippen molar-refractivity contribution in [2.45, 2.75) is 76.2 Å². The van der Waals surface area contributed by atoms with E-state index >= 15 is 0 Å². The number of nitrogens with one attached hydrogen (secondary N) is 3. The highest BCUT2D eigenvalue weighted by molar-refractivity contribution is 5.91. The SMILES string of the molecule is [3H]N(C(=O)[C@H](CC(N)=O)NCc1cnc2ccccc2n1)[C@@H](Cc1ccccc1)[C@H](O)C(=O)N1CCC[C@H]1C(=O)NCCCC. The van der Waals surface area contributed by atoms with Crippen LogP contribution in [0.1, 0.15) is 50.3 Å². The maximum absolute atomic E-state index is 13.7. The number of amides is 4. The Labute approximate surface area is 258 Å². The number of hydrogen-bond donors (Lipinski definition) is 5. The van der Waals surface area contributed by atoms with E-state index in [1.54, 1.807) is 42.6 Å². The third-order valence-corrected chi connectivity index (χ3v) is 7.60. The molecular weight excluding hydrogens is 562 g/mol. The van der Waals surface area contributed by atoms with Gasteiger partial charge in [0.25, 0.3) is 5.91 Å². The average Bonchev–Trinajstić information content (AvgIpc) is 3.55. The van der Waals surface area contributed by atoms with Gasteiger partial charge in [0.05, 0.1) is 41.4 Å². The molecule has 12 nitrogen and oxygen atoms in total. The van der Waals surface area contributed by atoms with E-state index in [2.05, 4.69) is 20.6 Å². The third-order valence-electron chi connectivity index (χ3n) is 7.60. The van der Waals surface area contributed by atoms with E-state index < -0.39 is 48.4 Å². The van der Waals surface area contributed by atoms with Crippen molar-refractivity contribution in [2.75, 3.05) is 13.1 Å². The molecule has 0 unspecified atom stereocenters. The number of unbranched alkanes of at least 4 members (excludes halogenated alkanes) is 1. The number of para-hydroxylation sites is 2. The van der Waals surface area contributed by atoms with Gasteiger partial charge in [-0.2, -0.15) is 0 Å². The van der Waals surface area contributed by atoms with Gasteiger partial charge in [-0.15, -0.1) is 0 Å². The number of aliphatic hydroxyl groups excluding tert-OH is 1. The number of benzene rings is 2. The first-order valence-corrected chi connectivity index (χ1v) is 15.0. The number of carbonyl (C=O) groups excluding carboxylic acids is 4. The lowest BCUT2D eigenvalue weighted by Crippen LogP contribution is -2.58. The topological polar surface area (TPSA) is 180 Å². The first-order chi connectivity index (χ1) is 21.7. The quantitative estimate of drug-likeness (QED) is 0.159. The second-order valence-corrected chi connectivity index (χ2v) is 11.0. The Hall–Kier alpha value is -4.42. The standard InChI is InChI=1S/C32H41N7O5/c1-2-3-15-34-31(43)27-14-9-16-39(27)32(44)29(41)25(17-21-10-5-4-6-11-21)38-30(42)26(18-28(33)40)36-20-22-19-35-23-12-7-8-13-24(23)37-22/h4-8,10-13,19,25-27,29,36,41H,2-3,9,14-18,20H2,1H3,(H2,33,40)(H,34,43)(H,38,42)/t25-,26-,27-,29-/m0/s1/i/hT. The van der Waals surface area contributed by atoms with Gasteiger partial charge in [0.1, 0.15) is 6.04 Å². The maximum Gasteiger partial charge on any atom is 0.254 e. The number of nitrogens with zero attached hydrogens (tertiary/aromatic N) is 3. The summed E-state index contributed by atoms with van der Waals surface area (Å²) in [5.74, 6) is -2.66. The van der Waals surface area contributed by atoms with Gasteiger partial charge in [-0.1, -0.05) is 55.8 Å². The molecule has 0 saturated carbocycles. The molecule has 1 fully saturated rings. The summed E-state index contributed by atoms with van der Waals surface area (Å²) in [6.07, 6.45) is 2.03. The molecule has 2 heterocycles. The van der Waals surface area contributed by atoms with Crippen molar-refractivity contribution in [1.29, 1.82) is 0 Å². The summed E-state index contributed by atoms with van der Waals surface area (Å²) in [7, 11) is 0. The number of aromatic nitrogens is 2. The monoisotopic (exact) mass is 605 g/mol. The van der Waals surface area contributed by atoms with Crippen molar-refractivity contribution in [1.82, 2.24) is 30.8 Å². The van der Waals surface area contributed by atoms with Crippen LogP contribution in [0.25, 0.3) is 11.0 Å². The second kappa shape index (κ2) is 15.9. The van der Waals surface area contributed by atoms with Crippen molar-refractivity contribution in [3.63, 3.8) is 0 Å². The Morgan fingerprint density at radius 1 is 1.11 bits per heavy atom. The smallest absolute Gasteiger partial charge is 0.254 e. The van der Waals surface area contributed by atoms with Crippen LogP contribution in [0.15, 0.2) is 60.8 Å². The molecule has 0 spiro atoms. The average molecular weight is 606 g/mol. The van der Waals surface area contributed by atoms with Gasteiger partial charge in [0.15, 0.2) is 7.52 Å². The van der Waals surface area contributed by atoms with Crippen molar-refractivity contribution >= 4 is 34.7 Å². The van der Waals surface area contributed by atoms with Crippen LogP contribution in [0, 0.1) is 0 Å². The first-order valence-electron chi connectivity index (χ1n) is 15.5. The van der Waals surface area contributed by atoms with E-state index in [-0.39, 0.29) is 25.4 Å². The molecule has 4 atom stereocenters. The molecule has 1 aliphatic heterocycles. The van der Waals surface area contributed by atoms with Crippen molar-refractivity contribution in [2.24, 2.45) is 5.73 Å². The molecular formula is C32H41N7O5. The fourth-order valence-electron chi connectivity index (χ4n) is 5.24. The lowest BCUT2D eigenvalue weighted by Gasteiger charge is -2.31. The van der Waals surface area contributed by atoms with Gasteiger partial charge < -0.3 is 26.4 Å². The Balaban J connectivity index is 1.54. The van der Waals surface area contributed by atoms with Crippen LogP contribution < -0.4 is 21.7 Å². The molecule has 44 heavy (non-hydrogen) atoms. The van der Waals surface area contributed by atoms with Crippen LogP contribution in [0.4, 0.5) is 0 Å². The number of aliphatic hydroxyl groups is 1. The van der Waals surface area contributed by atoms with Crippen LogP contribution in [0.2, 0.25) is 1.41 Å². The van der Waals surface area contributed by atoms with Crippen LogP contribution in [-0.2, 0) is 32.1 Å². The second-order valence-electron chi connectivity index (χ2n) is 11.0. The predicted molar refractivity (Wildman–Crippen MR) is 165 cm³/mol. The summed E-state index contributed by atoms with van der Waals surface area (Å²) in [5, 5.41) is 17.8. The van der Waals surface area contributed by atoms with Gasteiger partial charge in [-0.3, -0.25) is 29.5 Å². The summed E-state index contributed by atoms with van der Waals surface area (Å²) in [6.45, 7) is 2.81. The molecule has 0 aliphatic carbocycles. The summed E-state index contributed by atoms with van der Waals surface area (Å²) in [4.78, 5) is 62.5. The summed E-state index contributed by atoms with van der Waals surface area (Å²) in [6, 6.07) is 12.9. The molecule has 1 aliphatic rings. The maximum atomic E-state index is 13.7. The summed E-state index contributed by atoms with van der Waals surface area (Å²) in [5.41, 5.74) is 8.00. The highest BCUT2D eigenvalue weighted by Gasteiger charge is 2.40. The van der Waals surface area contributed by atoms with E-state index in [1.165, 1.54) is 4.90 Å². The molecule has 4 amide bonds. The van der Waals surface area contributed by atoms with Gasteiger partial charge in [-0.05, 0) is 43.4 Å². The normalized spacial score (nSPS) is 17.0. The van der Waals surface area contributed by atoms with Crippen LogP contribution in [-0.4, -0.2) is 80.9 Å². The number of carbonyl (C=O) groups is 4. The van der Waals surface area contributed by atoms with Gasteiger partial charge >= 0.3 is 0 Å². The highest BCUT2D eigenvalue weighted by atomic mass is 16.3. The highest BCUT2D eigenvalue weighted by Crippen LogP contribution is 2.20. The Kier molecular flexibility index (Phi) is 11.2. The third kappa shape index (κ3) is 8.80. The molecule has 6 N–H and O–H groups in total. The van der Waals surface area contributed by atoms with Gasteiger partial charge in [0.2, 0.25) is 17.7 Å². The van der Waals surface area contributed by atoms with Crippen molar-refractivity contribution in [3.8, 4) is 0 Å². The number of rotatable bonds is 15. The number of nitrogens with two attached hydrogens (primary N) is 1. The van der Waals surface area contributed by atoms with Crippen molar-refractivity contribution < 1.29 is 25.7 Å². The van der Waals surface area contributed by atoms with Crippen molar-refractivity contribution in [3.05, 3.63) is 72.1 Å². The minimum absolute atomic E-state index is 0.0242. The number of fused-ring (bicyclic) bond motifs is 1. The lowest BCUT2D eigenvalue weighted by atomic mass is 9.99. The van der Waals surface area contributed by atoms with E-state index in [4.69, 9.17) is 7.15 Å². The molecule has 1 aromatic heterocycles. The molecule has 0 radical (unpaired) electrons. The number of likely N-dealkylation sites (tertiary alicyclic amines) is 1. The zero-order valence-electron chi connectivity index (χ0n) is 25.9. The Morgan fingerprint density at radius 2 is 1.84 bits per heavy atom. The summed E-state index contributed by atoms with van der Waals surface area (Å²) < 4.78 is 8.85. The zero-order valence-corrected chi connectivity index (χ0v) is 24.9. The molecule has 12 heteroatoms. The number of hydrogen-bond acceptors (Lipinski definition) is 8. The molecule has 0 bridgehead atoms. The lowest BCUT2D eigenvalue weighted by molar-refractivity contribution is -0.147. The van der Waals surface area contributed by atoms with E-state index in [0.717, 1.165) is 12.8 Å². The van der Waals surface area contributed by atoms with E-state index in [9.17, 15) is 24.3 Å². The summed E-state index contributed by atoms with van der Waals surface area (Å²) >= 11 is 0. The van der Waals surface area contributed by atoms with E-state index in [0.29, 0.717) is 47.0 Å². The van der Waals surface area contributed by atoms with E-state index in [1.807, 2.05) is 25.1 Å². The minimum atomic E-state index is -1.81. The minimum Gasteiger partial charge on any atom is -0.381 e. The molecule has 234 valence electrons. The molecule has 2 aromatic carbocycles. The largest absolute Gasteiger partial charge is 0.381 e. The zero-order chi connectivity index (χ0) is 32.3. The number of primary amides is 1. The fraction of sp³-hybridized carbons (Fsp3) is 0.438. The van der Waals surface area contributed by atoms with Gasteiger partial charge in [-0.25, -0.2) is 4.98 Å². The molecule has 3 aromatic rings. The molecule has 1 saturated heterocycles. The Morgan fingerprint density at radius 3 is 2.57 bits per heavy atom. The predicted octanol–water partition coefficient (Wildman–Crippen LogP) is 0.959. The van der Waals surface area contributed by atoms with Crippen LogP contribution in [0.5, 0.6) is 0 Å². The van der Waals surface area contributed by atoms with Gasteiger partial charge in [0, 0.05) is 19.6 Å². The fourth-order valence-corrected chi connectivity index (χ4v) is 5.24. The first kappa shape index (κ1) is 31.0.